The molecule has 1 aromatic carbocycles. The van der Waals surface area contributed by atoms with E-state index in [1.54, 1.807) is 7.11 Å². The number of hydrogen-bond donors (Lipinski definition) is 1. The fourth-order valence-corrected chi connectivity index (χ4v) is 4.01. The van der Waals surface area contributed by atoms with Crippen molar-refractivity contribution in [3.05, 3.63) is 46.1 Å². The molecule has 0 spiro atoms. The third kappa shape index (κ3) is 4.37. The number of hydrogen-bond acceptors (Lipinski definition) is 4. The van der Waals surface area contributed by atoms with Crippen LogP contribution < -0.4 is 11.0 Å². The van der Waals surface area contributed by atoms with Crippen LogP contribution in [0, 0.1) is 6.92 Å². The molecular formula is C21H29N5O3. The molecule has 0 radical (unpaired) electrons. The summed E-state index contributed by atoms with van der Waals surface area (Å²) in [5.41, 5.74) is 1.85. The molecule has 1 aliphatic heterocycles. The van der Waals surface area contributed by atoms with Crippen molar-refractivity contribution in [3.63, 3.8) is 0 Å². The zero-order chi connectivity index (χ0) is 20.4. The molecule has 1 N–H and O–H groups in total. The SMILES string of the molecule is COCCn1nc(C2CCCN(C(=O)Nc3cccc(C)c3)C2)n(C2CC2)c1=O. The number of benzene rings is 1. The van der Waals surface area contributed by atoms with Crippen LogP contribution in [0.2, 0.25) is 0 Å². The number of urea groups is 1. The van der Waals surface area contributed by atoms with Crippen molar-refractivity contribution in [2.75, 3.05) is 32.1 Å². The van der Waals surface area contributed by atoms with Gasteiger partial charge in [0.25, 0.3) is 0 Å². The van der Waals surface area contributed by atoms with Gasteiger partial charge in [0.05, 0.1) is 13.2 Å². The first-order valence-corrected chi connectivity index (χ1v) is 10.4. The molecule has 2 amide bonds. The van der Waals surface area contributed by atoms with E-state index in [1.807, 2.05) is 40.7 Å². The lowest BCUT2D eigenvalue weighted by Crippen LogP contribution is -2.42. The van der Waals surface area contributed by atoms with E-state index in [-0.39, 0.29) is 23.7 Å². The van der Waals surface area contributed by atoms with Gasteiger partial charge in [-0.15, -0.1) is 0 Å². The van der Waals surface area contributed by atoms with Crippen molar-refractivity contribution in [2.24, 2.45) is 0 Å². The van der Waals surface area contributed by atoms with Crippen LogP contribution in [0.1, 0.15) is 49.0 Å². The van der Waals surface area contributed by atoms with Crippen LogP contribution >= 0.6 is 0 Å². The molecule has 1 unspecified atom stereocenters. The molecular weight excluding hydrogens is 370 g/mol. The van der Waals surface area contributed by atoms with Gasteiger partial charge in [-0.25, -0.2) is 14.3 Å². The largest absolute Gasteiger partial charge is 0.383 e. The maximum absolute atomic E-state index is 12.8. The van der Waals surface area contributed by atoms with Crippen molar-refractivity contribution in [1.29, 1.82) is 0 Å². The molecule has 0 bridgehead atoms. The number of rotatable bonds is 6. The number of ether oxygens (including phenoxy) is 1. The molecule has 1 atom stereocenters. The van der Waals surface area contributed by atoms with Crippen molar-refractivity contribution >= 4 is 11.7 Å². The second-order valence-electron chi connectivity index (χ2n) is 8.04. The quantitative estimate of drug-likeness (QED) is 0.810. The Hall–Kier alpha value is -2.61. The van der Waals surface area contributed by atoms with Crippen molar-refractivity contribution in [2.45, 2.75) is 51.1 Å². The van der Waals surface area contributed by atoms with Crippen molar-refractivity contribution in [3.8, 4) is 0 Å². The second-order valence-corrected chi connectivity index (χ2v) is 8.04. The van der Waals surface area contributed by atoms with Crippen molar-refractivity contribution in [1.82, 2.24) is 19.2 Å². The molecule has 2 heterocycles. The Morgan fingerprint density at radius 2 is 2.14 bits per heavy atom. The molecule has 1 saturated carbocycles. The summed E-state index contributed by atoms with van der Waals surface area (Å²) < 4.78 is 8.49. The number of carbonyl (C=O) groups excluding carboxylic acids is 1. The maximum Gasteiger partial charge on any atom is 0.346 e. The van der Waals surface area contributed by atoms with Gasteiger partial charge >= 0.3 is 11.7 Å². The zero-order valence-electron chi connectivity index (χ0n) is 17.1. The number of amides is 2. The Kier molecular flexibility index (Phi) is 5.71. The van der Waals surface area contributed by atoms with Gasteiger partial charge in [-0.2, -0.15) is 5.10 Å². The van der Waals surface area contributed by atoms with Crippen LogP contribution in [0.4, 0.5) is 10.5 Å². The number of aromatic nitrogens is 3. The second kappa shape index (κ2) is 8.41. The van der Waals surface area contributed by atoms with Gasteiger partial charge in [0.15, 0.2) is 0 Å². The minimum Gasteiger partial charge on any atom is -0.383 e. The first kappa shape index (κ1) is 19.7. The van der Waals surface area contributed by atoms with Gasteiger partial charge in [-0.05, 0) is 50.3 Å². The molecule has 1 aromatic heterocycles. The molecule has 29 heavy (non-hydrogen) atoms. The predicted molar refractivity (Wildman–Crippen MR) is 110 cm³/mol. The van der Waals surface area contributed by atoms with E-state index in [4.69, 9.17) is 4.74 Å². The van der Waals surface area contributed by atoms with Crippen LogP contribution in [0.5, 0.6) is 0 Å². The standard InChI is InChI=1S/C21H29N5O3/c1-15-5-3-7-17(13-15)22-20(27)24-10-4-6-16(14-24)19-23-25(11-12-29-2)21(28)26(19)18-8-9-18/h3,5,7,13,16,18H,4,6,8-12,14H2,1-2H3,(H,22,27). The van der Waals surface area contributed by atoms with Gasteiger partial charge in [0.1, 0.15) is 5.82 Å². The minimum absolute atomic E-state index is 0.0547. The highest BCUT2D eigenvalue weighted by Crippen LogP contribution is 2.37. The number of nitrogens with zero attached hydrogens (tertiary/aromatic N) is 4. The Morgan fingerprint density at radius 1 is 1.31 bits per heavy atom. The predicted octanol–water partition coefficient (Wildman–Crippen LogP) is 2.75. The molecule has 2 aliphatic rings. The first-order valence-electron chi connectivity index (χ1n) is 10.4. The molecule has 8 heteroatoms. The van der Waals surface area contributed by atoms with E-state index < -0.39 is 0 Å². The number of methoxy groups -OCH3 is 1. The summed E-state index contributed by atoms with van der Waals surface area (Å²) >= 11 is 0. The molecule has 1 saturated heterocycles. The van der Waals surface area contributed by atoms with Crippen LogP contribution in [-0.4, -0.2) is 52.1 Å². The smallest absolute Gasteiger partial charge is 0.346 e. The topological polar surface area (TPSA) is 81.4 Å². The van der Waals surface area contributed by atoms with Crippen molar-refractivity contribution < 1.29 is 9.53 Å². The summed E-state index contributed by atoms with van der Waals surface area (Å²) in [6.07, 6.45) is 3.87. The number of nitrogens with one attached hydrogen (secondary N) is 1. The highest BCUT2D eigenvalue weighted by atomic mass is 16.5. The molecule has 1 aliphatic carbocycles. The van der Waals surface area contributed by atoms with Gasteiger partial charge in [-0.3, -0.25) is 4.57 Å². The zero-order valence-corrected chi connectivity index (χ0v) is 17.1. The lowest BCUT2D eigenvalue weighted by atomic mass is 9.97. The Morgan fingerprint density at radius 3 is 2.86 bits per heavy atom. The molecule has 4 rings (SSSR count). The van der Waals surface area contributed by atoms with E-state index in [0.717, 1.165) is 42.8 Å². The summed E-state index contributed by atoms with van der Waals surface area (Å²) in [6.45, 7) is 4.20. The molecule has 156 valence electrons. The Balaban J connectivity index is 1.51. The van der Waals surface area contributed by atoms with Gasteiger partial charge in [-0.1, -0.05) is 12.1 Å². The summed E-state index contributed by atoms with van der Waals surface area (Å²) in [5, 5.41) is 7.65. The minimum atomic E-state index is -0.0977. The van der Waals surface area contributed by atoms with Crippen LogP contribution in [-0.2, 0) is 11.3 Å². The fourth-order valence-electron chi connectivity index (χ4n) is 4.01. The number of likely N-dealkylation sites (tertiary alicyclic amines) is 1. The molecule has 2 fully saturated rings. The lowest BCUT2D eigenvalue weighted by molar-refractivity contribution is 0.181. The molecule has 2 aromatic rings. The number of carbonyl (C=O) groups is 1. The average Bonchev–Trinajstić information content (AvgIpc) is 3.50. The number of anilines is 1. The van der Waals surface area contributed by atoms with Gasteiger partial charge in [0, 0.05) is 37.8 Å². The van der Waals surface area contributed by atoms with Crippen LogP contribution in [0.3, 0.4) is 0 Å². The summed E-state index contributed by atoms with van der Waals surface area (Å²) in [4.78, 5) is 27.5. The lowest BCUT2D eigenvalue weighted by Gasteiger charge is -2.32. The monoisotopic (exact) mass is 399 g/mol. The highest BCUT2D eigenvalue weighted by Gasteiger charge is 2.35. The third-order valence-corrected chi connectivity index (χ3v) is 5.66. The normalized spacial score (nSPS) is 19.4. The third-order valence-electron chi connectivity index (χ3n) is 5.66. The van der Waals surface area contributed by atoms with Crippen LogP contribution in [0.15, 0.2) is 29.1 Å². The van der Waals surface area contributed by atoms with E-state index in [0.29, 0.717) is 26.2 Å². The highest BCUT2D eigenvalue weighted by molar-refractivity contribution is 5.89. The average molecular weight is 399 g/mol. The fraction of sp³-hybridized carbons (Fsp3) is 0.571. The van der Waals surface area contributed by atoms with E-state index in [2.05, 4.69) is 10.4 Å². The summed E-state index contributed by atoms with van der Waals surface area (Å²) in [7, 11) is 1.62. The number of piperidine rings is 1. The molecule has 8 nitrogen and oxygen atoms in total. The van der Waals surface area contributed by atoms with E-state index in [9.17, 15) is 9.59 Å². The summed E-state index contributed by atoms with van der Waals surface area (Å²) in [5.74, 6) is 0.894. The summed E-state index contributed by atoms with van der Waals surface area (Å²) in [6, 6.07) is 7.95. The van der Waals surface area contributed by atoms with E-state index in [1.165, 1.54) is 4.68 Å². The van der Waals surface area contributed by atoms with E-state index >= 15 is 0 Å². The Bertz CT molecular complexity index is 931. The number of aryl methyl sites for hydroxylation is 1. The maximum atomic E-state index is 12.8. The van der Waals surface area contributed by atoms with Crippen LogP contribution in [0.25, 0.3) is 0 Å². The van der Waals surface area contributed by atoms with Gasteiger partial charge < -0.3 is 15.0 Å². The van der Waals surface area contributed by atoms with Gasteiger partial charge in [0.2, 0.25) is 0 Å². The first-order chi connectivity index (χ1) is 14.1. The Labute approximate surface area is 170 Å².